The molecule has 0 aromatic carbocycles. The Balaban J connectivity index is 4.98. The van der Waals surface area contributed by atoms with Crippen LogP contribution >= 0.6 is 0 Å². The van der Waals surface area contributed by atoms with Crippen LogP contribution in [0, 0.1) is 0 Å². The minimum absolute atomic E-state index is 0.340. The molecule has 0 aliphatic rings. The summed E-state index contributed by atoms with van der Waals surface area (Å²) < 4.78 is 0. The zero-order chi connectivity index (χ0) is 11.9. The second kappa shape index (κ2) is 7.24. The van der Waals surface area contributed by atoms with E-state index in [1.54, 1.807) is 0 Å². The normalized spacial score (nSPS) is 14.6. The Morgan fingerprint density at radius 1 is 1.00 bits per heavy atom. The summed E-state index contributed by atoms with van der Waals surface area (Å²) in [7, 11) is 2.09. The van der Waals surface area contributed by atoms with Gasteiger partial charge in [0.2, 0.25) is 0 Å². The van der Waals surface area contributed by atoms with Gasteiger partial charge < -0.3 is 5.32 Å². The first-order valence-corrected chi connectivity index (χ1v) is 6.58. The highest BCUT2D eigenvalue weighted by molar-refractivity contribution is 4.97. The van der Waals surface area contributed by atoms with Gasteiger partial charge in [-0.15, -0.1) is 0 Å². The van der Waals surface area contributed by atoms with Crippen LogP contribution in [0.1, 0.15) is 53.9 Å². The molecule has 15 heavy (non-hydrogen) atoms. The molecule has 2 nitrogen and oxygen atoms in total. The third kappa shape index (κ3) is 2.94. The van der Waals surface area contributed by atoms with Crippen molar-refractivity contribution in [3.05, 3.63) is 0 Å². The summed E-state index contributed by atoms with van der Waals surface area (Å²) >= 11 is 0. The van der Waals surface area contributed by atoms with Gasteiger partial charge >= 0.3 is 0 Å². The number of likely N-dealkylation sites (N-methyl/N-ethyl adjacent to an activating group) is 2. The van der Waals surface area contributed by atoms with Crippen LogP contribution in [0.3, 0.4) is 0 Å². The molecule has 0 rings (SSSR count). The van der Waals surface area contributed by atoms with E-state index in [0.29, 0.717) is 11.6 Å². The molecule has 92 valence electrons. The fourth-order valence-corrected chi connectivity index (χ4v) is 3.12. The maximum atomic E-state index is 3.50. The molecule has 0 aliphatic carbocycles. The van der Waals surface area contributed by atoms with Crippen LogP contribution in [0.5, 0.6) is 0 Å². The van der Waals surface area contributed by atoms with Crippen molar-refractivity contribution in [3.8, 4) is 0 Å². The molecule has 0 aliphatic heterocycles. The van der Waals surface area contributed by atoms with Gasteiger partial charge in [-0.3, -0.25) is 4.90 Å². The summed E-state index contributed by atoms with van der Waals surface area (Å²) in [5.41, 5.74) is 0.340. The average Bonchev–Trinajstić information content (AvgIpc) is 2.29. The maximum absolute atomic E-state index is 3.50. The van der Waals surface area contributed by atoms with E-state index in [4.69, 9.17) is 0 Å². The molecule has 0 fully saturated rings. The van der Waals surface area contributed by atoms with Crippen molar-refractivity contribution >= 4 is 0 Å². The van der Waals surface area contributed by atoms with Gasteiger partial charge in [-0.1, -0.05) is 34.6 Å². The van der Waals surface area contributed by atoms with Crippen molar-refractivity contribution in [2.24, 2.45) is 0 Å². The Hall–Kier alpha value is -0.0800. The summed E-state index contributed by atoms with van der Waals surface area (Å²) in [6, 6.07) is 0.604. The van der Waals surface area contributed by atoms with E-state index >= 15 is 0 Å². The molecule has 0 aromatic rings. The molecule has 0 spiro atoms. The minimum Gasteiger partial charge on any atom is -0.315 e. The van der Waals surface area contributed by atoms with Crippen LogP contribution in [0.25, 0.3) is 0 Å². The first-order chi connectivity index (χ1) is 7.16. The second-order valence-electron chi connectivity index (χ2n) is 4.23. The molecule has 1 atom stereocenters. The van der Waals surface area contributed by atoms with Crippen LogP contribution in [0.15, 0.2) is 0 Å². The lowest BCUT2D eigenvalue weighted by molar-refractivity contribution is 0.0506. The quantitative estimate of drug-likeness (QED) is 0.668. The van der Waals surface area contributed by atoms with Gasteiger partial charge in [0, 0.05) is 11.6 Å². The van der Waals surface area contributed by atoms with E-state index in [1.807, 2.05) is 0 Å². The average molecular weight is 214 g/mol. The lowest BCUT2D eigenvalue weighted by Crippen LogP contribution is -2.60. The number of nitrogens with zero attached hydrogens (tertiary/aromatic N) is 1. The van der Waals surface area contributed by atoms with Gasteiger partial charge in [0.05, 0.1) is 0 Å². The van der Waals surface area contributed by atoms with E-state index < -0.39 is 0 Å². The molecule has 0 saturated heterocycles. The first kappa shape index (κ1) is 14.9. The Morgan fingerprint density at radius 3 is 1.67 bits per heavy atom. The van der Waals surface area contributed by atoms with Crippen molar-refractivity contribution in [1.29, 1.82) is 0 Å². The SMILES string of the molecule is CCC(NC)C(CC)(CC)N(CC)CC. The van der Waals surface area contributed by atoms with Gasteiger partial charge in [0.15, 0.2) is 0 Å². The van der Waals surface area contributed by atoms with Crippen LogP contribution in [0.2, 0.25) is 0 Å². The molecule has 1 N–H and O–H groups in total. The summed E-state index contributed by atoms with van der Waals surface area (Å²) in [5.74, 6) is 0. The monoisotopic (exact) mass is 214 g/mol. The van der Waals surface area contributed by atoms with Crippen molar-refractivity contribution in [3.63, 3.8) is 0 Å². The second-order valence-corrected chi connectivity index (χ2v) is 4.23. The largest absolute Gasteiger partial charge is 0.315 e. The smallest absolute Gasteiger partial charge is 0.0356 e. The van der Waals surface area contributed by atoms with Gasteiger partial charge in [-0.25, -0.2) is 0 Å². The number of hydrogen-bond acceptors (Lipinski definition) is 2. The van der Waals surface area contributed by atoms with Crippen LogP contribution in [-0.4, -0.2) is 36.6 Å². The zero-order valence-electron chi connectivity index (χ0n) is 11.6. The topological polar surface area (TPSA) is 15.3 Å². The summed E-state index contributed by atoms with van der Waals surface area (Å²) in [4.78, 5) is 2.62. The third-order valence-corrected chi connectivity index (χ3v) is 4.02. The van der Waals surface area contributed by atoms with Crippen molar-refractivity contribution in [1.82, 2.24) is 10.2 Å². The van der Waals surface area contributed by atoms with Crippen LogP contribution < -0.4 is 5.32 Å². The van der Waals surface area contributed by atoms with E-state index in [9.17, 15) is 0 Å². The summed E-state index contributed by atoms with van der Waals surface area (Å²) in [6.07, 6.45) is 3.66. The Bertz CT molecular complexity index is 131. The first-order valence-electron chi connectivity index (χ1n) is 6.58. The predicted molar refractivity (Wildman–Crippen MR) is 69.4 cm³/mol. The molecule has 1 unspecified atom stereocenters. The molecule has 0 saturated carbocycles. The minimum atomic E-state index is 0.340. The number of hydrogen-bond donors (Lipinski definition) is 1. The molecule has 2 heteroatoms. The Kier molecular flexibility index (Phi) is 7.20. The molecular formula is C13H30N2. The standard InChI is InChI=1S/C13H30N2/c1-7-12(14-6)13(8-2,9-3)15(10-4)11-5/h12,14H,7-11H2,1-6H3. The zero-order valence-corrected chi connectivity index (χ0v) is 11.6. The number of rotatable bonds is 8. The van der Waals surface area contributed by atoms with E-state index in [0.717, 1.165) is 13.1 Å². The Morgan fingerprint density at radius 2 is 1.47 bits per heavy atom. The molecule has 0 aromatic heterocycles. The fourth-order valence-electron chi connectivity index (χ4n) is 3.12. The third-order valence-electron chi connectivity index (χ3n) is 4.02. The highest BCUT2D eigenvalue weighted by Gasteiger charge is 2.37. The molecule has 0 bridgehead atoms. The fraction of sp³-hybridized carbons (Fsp3) is 1.00. The van der Waals surface area contributed by atoms with Crippen LogP contribution in [0.4, 0.5) is 0 Å². The lowest BCUT2D eigenvalue weighted by Gasteiger charge is -2.47. The maximum Gasteiger partial charge on any atom is 0.0356 e. The van der Waals surface area contributed by atoms with E-state index in [1.165, 1.54) is 19.3 Å². The van der Waals surface area contributed by atoms with Crippen LogP contribution in [-0.2, 0) is 0 Å². The van der Waals surface area contributed by atoms with Crippen molar-refractivity contribution < 1.29 is 0 Å². The van der Waals surface area contributed by atoms with Crippen molar-refractivity contribution in [2.45, 2.75) is 65.5 Å². The molecule has 0 amide bonds. The molecule has 0 radical (unpaired) electrons. The number of nitrogens with one attached hydrogen (secondary N) is 1. The van der Waals surface area contributed by atoms with E-state index in [2.05, 4.69) is 51.9 Å². The summed E-state index contributed by atoms with van der Waals surface area (Å²) in [6.45, 7) is 13.8. The van der Waals surface area contributed by atoms with Gasteiger partial charge in [-0.2, -0.15) is 0 Å². The highest BCUT2D eigenvalue weighted by atomic mass is 15.2. The lowest BCUT2D eigenvalue weighted by atomic mass is 9.81. The molecular weight excluding hydrogens is 184 g/mol. The van der Waals surface area contributed by atoms with Crippen molar-refractivity contribution in [2.75, 3.05) is 20.1 Å². The van der Waals surface area contributed by atoms with Gasteiger partial charge in [0.25, 0.3) is 0 Å². The van der Waals surface area contributed by atoms with Gasteiger partial charge in [-0.05, 0) is 39.4 Å². The predicted octanol–water partition coefficient (Wildman–Crippen LogP) is 2.89. The Labute approximate surface area is 96.4 Å². The van der Waals surface area contributed by atoms with Gasteiger partial charge in [0.1, 0.15) is 0 Å². The summed E-state index contributed by atoms with van der Waals surface area (Å²) in [5, 5.41) is 3.50. The molecule has 0 heterocycles. The highest BCUT2D eigenvalue weighted by Crippen LogP contribution is 2.29. The van der Waals surface area contributed by atoms with E-state index in [-0.39, 0.29) is 0 Å².